The molecule has 0 heterocycles. The van der Waals surface area contributed by atoms with Crippen molar-refractivity contribution in [2.24, 2.45) is 0 Å². The minimum atomic E-state index is 0.105. The molecule has 0 radical (unpaired) electrons. The highest BCUT2D eigenvalue weighted by molar-refractivity contribution is 6.32. The number of hydrogen-bond acceptors (Lipinski definition) is 2. The molecule has 1 aromatic carbocycles. The fourth-order valence-corrected chi connectivity index (χ4v) is 1.24. The van der Waals surface area contributed by atoms with Crippen molar-refractivity contribution in [1.82, 2.24) is 0 Å². The van der Waals surface area contributed by atoms with Crippen LogP contribution in [0.1, 0.15) is 11.1 Å². The van der Waals surface area contributed by atoms with Crippen molar-refractivity contribution in [1.29, 1.82) is 0 Å². The fraction of sp³-hybridized carbons (Fsp3) is 0.333. The summed E-state index contributed by atoms with van der Waals surface area (Å²) in [7, 11) is 1.56. The quantitative estimate of drug-likeness (QED) is 0.731. The molecular formula is C9H11ClO2. The molecule has 66 valence electrons. The molecule has 1 aromatic rings. The van der Waals surface area contributed by atoms with E-state index < -0.39 is 0 Å². The van der Waals surface area contributed by atoms with Gasteiger partial charge in [-0.1, -0.05) is 11.6 Å². The molecule has 0 aliphatic rings. The summed E-state index contributed by atoms with van der Waals surface area (Å²) in [6.07, 6.45) is 0. The third kappa shape index (κ3) is 1.34. The van der Waals surface area contributed by atoms with Crippen LogP contribution in [-0.4, -0.2) is 12.2 Å². The predicted molar refractivity (Wildman–Crippen MR) is 49.1 cm³/mol. The van der Waals surface area contributed by atoms with Gasteiger partial charge in [0.25, 0.3) is 0 Å². The Hall–Kier alpha value is -0.890. The number of aromatic hydroxyl groups is 1. The molecule has 12 heavy (non-hydrogen) atoms. The van der Waals surface area contributed by atoms with Crippen LogP contribution in [0.15, 0.2) is 6.07 Å². The number of hydrogen-bond donors (Lipinski definition) is 1. The van der Waals surface area contributed by atoms with Gasteiger partial charge in [-0.25, -0.2) is 0 Å². The Labute approximate surface area is 76.7 Å². The first kappa shape index (κ1) is 9.20. The molecule has 0 saturated carbocycles. The summed E-state index contributed by atoms with van der Waals surface area (Å²) in [6, 6.07) is 1.80. The van der Waals surface area contributed by atoms with Gasteiger partial charge in [0.1, 0.15) is 11.5 Å². The maximum absolute atomic E-state index is 9.49. The van der Waals surface area contributed by atoms with Crippen molar-refractivity contribution in [2.75, 3.05) is 7.11 Å². The van der Waals surface area contributed by atoms with E-state index in [-0.39, 0.29) is 5.75 Å². The molecule has 0 bridgehead atoms. The lowest BCUT2D eigenvalue weighted by Gasteiger charge is -2.09. The number of halogens is 1. The van der Waals surface area contributed by atoms with Crippen LogP contribution >= 0.6 is 11.6 Å². The monoisotopic (exact) mass is 186 g/mol. The van der Waals surface area contributed by atoms with E-state index in [4.69, 9.17) is 16.3 Å². The molecule has 0 saturated heterocycles. The second-order valence-corrected chi connectivity index (χ2v) is 3.06. The number of phenols is 1. The summed E-state index contributed by atoms with van der Waals surface area (Å²) >= 11 is 5.81. The molecule has 1 rings (SSSR count). The third-order valence-electron chi connectivity index (χ3n) is 1.85. The maximum atomic E-state index is 9.49. The van der Waals surface area contributed by atoms with Crippen LogP contribution in [0, 0.1) is 13.8 Å². The van der Waals surface area contributed by atoms with Crippen molar-refractivity contribution >= 4 is 11.6 Å². The number of aryl methyl sites for hydroxylation is 1. The highest BCUT2D eigenvalue weighted by atomic mass is 35.5. The average molecular weight is 187 g/mol. The normalized spacial score (nSPS) is 10.0. The molecule has 2 nitrogen and oxygen atoms in total. The van der Waals surface area contributed by atoms with Crippen molar-refractivity contribution < 1.29 is 9.84 Å². The average Bonchev–Trinajstić information content (AvgIpc) is 2.08. The van der Waals surface area contributed by atoms with Gasteiger partial charge in [-0.2, -0.15) is 0 Å². The third-order valence-corrected chi connectivity index (χ3v) is 2.32. The van der Waals surface area contributed by atoms with Gasteiger partial charge in [-0.05, 0) is 25.5 Å². The number of rotatable bonds is 1. The Kier molecular flexibility index (Phi) is 2.48. The predicted octanol–water partition coefficient (Wildman–Crippen LogP) is 2.67. The van der Waals surface area contributed by atoms with E-state index in [0.717, 1.165) is 5.56 Å². The second kappa shape index (κ2) is 3.23. The fourth-order valence-electron chi connectivity index (χ4n) is 1.05. The Morgan fingerprint density at radius 2 is 2.00 bits per heavy atom. The minimum absolute atomic E-state index is 0.105. The first-order valence-corrected chi connectivity index (χ1v) is 3.98. The SMILES string of the molecule is COc1cc(C)c(Cl)c(O)c1C. The first-order valence-electron chi connectivity index (χ1n) is 3.60. The maximum Gasteiger partial charge on any atom is 0.141 e. The minimum Gasteiger partial charge on any atom is -0.506 e. The Balaban J connectivity index is 3.39. The first-order chi connectivity index (χ1) is 5.57. The number of benzene rings is 1. The van der Waals surface area contributed by atoms with Gasteiger partial charge in [0.15, 0.2) is 0 Å². The van der Waals surface area contributed by atoms with Gasteiger partial charge in [-0.15, -0.1) is 0 Å². The van der Waals surface area contributed by atoms with Crippen LogP contribution in [0.5, 0.6) is 11.5 Å². The Morgan fingerprint density at radius 1 is 1.42 bits per heavy atom. The zero-order valence-electron chi connectivity index (χ0n) is 7.31. The standard InChI is InChI=1S/C9H11ClO2/c1-5-4-7(12-3)6(2)9(11)8(5)10/h4,11H,1-3H3. The van der Waals surface area contributed by atoms with Crippen LogP contribution in [0.4, 0.5) is 0 Å². The molecule has 0 atom stereocenters. The van der Waals surface area contributed by atoms with E-state index >= 15 is 0 Å². The smallest absolute Gasteiger partial charge is 0.141 e. The zero-order valence-corrected chi connectivity index (χ0v) is 8.07. The lowest BCUT2D eigenvalue weighted by atomic mass is 10.1. The van der Waals surface area contributed by atoms with E-state index in [1.54, 1.807) is 20.1 Å². The van der Waals surface area contributed by atoms with Crippen LogP contribution in [0.25, 0.3) is 0 Å². The van der Waals surface area contributed by atoms with E-state index in [1.165, 1.54) is 0 Å². The number of ether oxygens (including phenoxy) is 1. The largest absolute Gasteiger partial charge is 0.506 e. The van der Waals surface area contributed by atoms with Gasteiger partial charge in [0.2, 0.25) is 0 Å². The highest BCUT2D eigenvalue weighted by Gasteiger charge is 2.10. The summed E-state index contributed by atoms with van der Waals surface area (Å²) in [5.74, 6) is 0.767. The molecular weight excluding hydrogens is 176 g/mol. The molecule has 0 aliphatic carbocycles. The highest BCUT2D eigenvalue weighted by Crippen LogP contribution is 2.36. The zero-order chi connectivity index (χ0) is 9.30. The molecule has 0 aromatic heterocycles. The Bertz CT molecular complexity index is 308. The van der Waals surface area contributed by atoms with Gasteiger partial charge in [0, 0.05) is 5.56 Å². The van der Waals surface area contributed by atoms with Crippen molar-refractivity contribution in [3.05, 3.63) is 22.2 Å². The molecule has 0 spiro atoms. The van der Waals surface area contributed by atoms with Crippen LogP contribution in [-0.2, 0) is 0 Å². The van der Waals surface area contributed by atoms with Gasteiger partial charge < -0.3 is 9.84 Å². The van der Waals surface area contributed by atoms with E-state index in [2.05, 4.69) is 0 Å². The molecule has 0 amide bonds. The lowest BCUT2D eigenvalue weighted by molar-refractivity contribution is 0.402. The van der Waals surface area contributed by atoms with Gasteiger partial charge in [-0.3, -0.25) is 0 Å². The molecule has 1 N–H and O–H groups in total. The second-order valence-electron chi connectivity index (χ2n) is 2.68. The summed E-state index contributed by atoms with van der Waals surface area (Å²) in [5.41, 5.74) is 1.49. The van der Waals surface area contributed by atoms with Gasteiger partial charge in [0.05, 0.1) is 12.1 Å². The van der Waals surface area contributed by atoms with Gasteiger partial charge >= 0.3 is 0 Å². The van der Waals surface area contributed by atoms with Crippen LogP contribution < -0.4 is 4.74 Å². The van der Waals surface area contributed by atoms with Crippen molar-refractivity contribution in [2.45, 2.75) is 13.8 Å². The molecule has 0 fully saturated rings. The van der Waals surface area contributed by atoms with E-state index in [0.29, 0.717) is 16.3 Å². The summed E-state index contributed by atoms with van der Waals surface area (Å²) in [6.45, 7) is 3.59. The lowest BCUT2D eigenvalue weighted by Crippen LogP contribution is -1.89. The van der Waals surface area contributed by atoms with E-state index in [1.807, 2.05) is 6.92 Å². The molecule has 0 aliphatic heterocycles. The van der Waals surface area contributed by atoms with Crippen molar-refractivity contribution in [3.63, 3.8) is 0 Å². The summed E-state index contributed by atoms with van der Waals surface area (Å²) in [5, 5.41) is 9.88. The van der Waals surface area contributed by atoms with Crippen LogP contribution in [0.2, 0.25) is 5.02 Å². The topological polar surface area (TPSA) is 29.5 Å². The number of methoxy groups -OCH3 is 1. The number of phenolic OH excluding ortho intramolecular Hbond substituents is 1. The van der Waals surface area contributed by atoms with E-state index in [9.17, 15) is 5.11 Å². The van der Waals surface area contributed by atoms with Crippen LogP contribution in [0.3, 0.4) is 0 Å². The summed E-state index contributed by atoms with van der Waals surface area (Å²) in [4.78, 5) is 0. The van der Waals surface area contributed by atoms with Crippen molar-refractivity contribution in [3.8, 4) is 11.5 Å². The molecule has 3 heteroatoms. The Morgan fingerprint density at radius 3 is 2.50 bits per heavy atom. The summed E-state index contributed by atoms with van der Waals surface area (Å²) < 4.78 is 5.04. The molecule has 0 unspecified atom stereocenters.